The van der Waals surface area contributed by atoms with Crippen molar-refractivity contribution in [1.29, 1.82) is 0 Å². The first-order valence-corrected chi connectivity index (χ1v) is 10.2. The molecule has 1 saturated carbocycles. The van der Waals surface area contributed by atoms with Crippen molar-refractivity contribution in [3.05, 3.63) is 41.0 Å². The molecular weight excluding hydrogens is 423 g/mol. The summed E-state index contributed by atoms with van der Waals surface area (Å²) in [6.07, 6.45) is 0.165. The minimum atomic E-state index is -5.08. The van der Waals surface area contributed by atoms with E-state index in [1.165, 1.54) is 24.2 Å². The Hall–Kier alpha value is -2.69. The number of nitrogens with zero attached hydrogens (tertiary/aromatic N) is 3. The molecule has 3 heterocycles. The highest BCUT2D eigenvalue weighted by Crippen LogP contribution is 2.49. The molecule has 2 aromatic rings. The lowest BCUT2D eigenvalue weighted by Crippen LogP contribution is -2.35. The Morgan fingerprint density at radius 3 is 2.70 bits per heavy atom. The topological polar surface area (TPSA) is 92.6 Å². The van der Waals surface area contributed by atoms with Gasteiger partial charge in [-0.15, -0.1) is 11.3 Å². The number of thiazole rings is 1. The summed E-state index contributed by atoms with van der Waals surface area (Å²) in [7, 11) is 0. The van der Waals surface area contributed by atoms with E-state index >= 15 is 0 Å². The molecule has 11 heteroatoms. The van der Waals surface area contributed by atoms with E-state index < -0.39 is 12.1 Å². The van der Waals surface area contributed by atoms with Crippen LogP contribution in [0.15, 0.2) is 35.3 Å². The predicted molar refractivity (Wildman–Crippen MR) is 101 cm³/mol. The molecule has 30 heavy (non-hydrogen) atoms. The monoisotopic (exact) mass is 443 g/mol. The van der Waals surface area contributed by atoms with Crippen molar-refractivity contribution in [1.82, 2.24) is 14.9 Å². The van der Waals surface area contributed by atoms with Gasteiger partial charge in [-0.25, -0.2) is 14.8 Å². The van der Waals surface area contributed by atoms with Crippen LogP contribution in [0.25, 0.3) is 0 Å². The molecule has 2 aliphatic rings. The lowest BCUT2D eigenvalue weighted by molar-refractivity contribution is -0.192. The van der Waals surface area contributed by atoms with Crippen molar-refractivity contribution in [2.45, 2.75) is 25.4 Å². The second kappa shape index (κ2) is 8.99. The van der Waals surface area contributed by atoms with Crippen LogP contribution in [-0.2, 0) is 4.79 Å². The lowest BCUT2D eigenvalue weighted by atomic mass is 9.81. The fourth-order valence-electron chi connectivity index (χ4n) is 3.94. The highest BCUT2D eigenvalue weighted by molar-refractivity contribution is 7.07. The number of carboxylic acid groups (broad SMARTS) is 1. The number of likely N-dealkylation sites (tertiary alicyclic amines) is 1. The van der Waals surface area contributed by atoms with Gasteiger partial charge in [0.25, 0.3) is 5.91 Å². The van der Waals surface area contributed by atoms with Gasteiger partial charge in [-0.05, 0) is 24.8 Å². The first kappa shape index (κ1) is 22.0. The van der Waals surface area contributed by atoms with Crippen LogP contribution in [0.3, 0.4) is 0 Å². The van der Waals surface area contributed by atoms with E-state index in [0.29, 0.717) is 24.1 Å². The molecule has 1 N–H and O–H groups in total. The molecule has 0 spiro atoms. The van der Waals surface area contributed by atoms with Crippen LogP contribution in [0.4, 0.5) is 13.2 Å². The largest absolute Gasteiger partial charge is 0.490 e. The summed E-state index contributed by atoms with van der Waals surface area (Å²) < 4.78 is 37.7. The van der Waals surface area contributed by atoms with Gasteiger partial charge in [-0.2, -0.15) is 13.2 Å². The predicted octanol–water partition coefficient (Wildman–Crippen LogP) is 3.49. The summed E-state index contributed by atoms with van der Waals surface area (Å²) in [6.45, 7) is 2.22. The molecule has 162 valence electrons. The van der Waals surface area contributed by atoms with Crippen molar-refractivity contribution in [2.75, 3.05) is 19.7 Å². The van der Waals surface area contributed by atoms with Gasteiger partial charge in [0, 0.05) is 36.1 Å². The maximum atomic E-state index is 12.6. The molecule has 0 unspecified atom stereocenters. The Morgan fingerprint density at radius 1 is 1.33 bits per heavy atom. The number of alkyl halides is 3. The maximum Gasteiger partial charge on any atom is 0.490 e. The van der Waals surface area contributed by atoms with E-state index in [4.69, 9.17) is 14.6 Å². The van der Waals surface area contributed by atoms with Gasteiger partial charge in [-0.1, -0.05) is 12.5 Å². The number of hydrogen-bond donors (Lipinski definition) is 1. The van der Waals surface area contributed by atoms with Crippen molar-refractivity contribution in [3.8, 4) is 5.88 Å². The first-order chi connectivity index (χ1) is 14.2. The van der Waals surface area contributed by atoms with Crippen molar-refractivity contribution < 1.29 is 32.6 Å². The van der Waals surface area contributed by atoms with Gasteiger partial charge in [0.05, 0.1) is 12.1 Å². The van der Waals surface area contributed by atoms with E-state index in [9.17, 15) is 18.0 Å². The number of amides is 1. The van der Waals surface area contributed by atoms with Crippen LogP contribution >= 0.6 is 11.3 Å². The normalized spacial score (nSPS) is 22.8. The van der Waals surface area contributed by atoms with Gasteiger partial charge in [0.1, 0.15) is 5.69 Å². The summed E-state index contributed by atoms with van der Waals surface area (Å²) in [5, 5.41) is 8.95. The van der Waals surface area contributed by atoms with Crippen LogP contribution in [0, 0.1) is 11.3 Å². The Labute approximate surface area is 174 Å². The highest BCUT2D eigenvalue weighted by atomic mass is 32.1. The van der Waals surface area contributed by atoms with Crippen LogP contribution in [-0.4, -0.2) is 57.7 Å². The van der Waals surface area contributed by atoms with E-state index in [-0.39, 0.29) is 11.3 Å². The molecule has 1 aliphatic heterocycles. The summed E-state index contributed by atoms with van der Waals surface area (Å²) in [5.41, 5.74) is 2.35. The Kier molecular flexibility index (Phi) is 6.59. The van der Waals surface area contributed by atoms with Gasteiger partial charge in [0.15, 0.2) is 0 Å². The van der Waals surface area contributed by atoms with Gasteiger partial charge >= 0.3 is 12.1 Å². The number of aromatic nitrogens is 2. The fraction of sp³-hybridized carbons (Fsp3) is 0.474. The van der Waals surface area contributed by atoms with Gasteiger partial charge in [0.2, 0.25) is 5.88 Å². The summed E-state index contributed by atoms with van der Waals surface area (Å²) in [5.74, 6) is -1.52. The standard InChI is InChI=1S/C17H19N3O2S.C2HF3O2/c21-16(14-9-23-12-19-14)20-8-13-4-3-6-17(13,10-20)11-22-15-5-1-2-7-18-15;3-2(4,5)1(6)7/h1-2,5,7,9,12-13H,3-4,6,8,10-11H2;(H,6,7)/t13-,17+;/m1./s1. The smallest absolute Gasteiger partial charge is 0.477 e. The average Bonchev–Trinajstić information content (AvgIpc) is 3.42. The quantitative estimate of drug-likeness (QED) is 0.778. The molecule has 1 aliphatic carbocycles. The molecule has 2 fully saturated rings. The second-order valence-electron chi connectivity index (χ2n) is 7.27. The number of aliphatic carboxylic acids is 1. The molecule has 4 rings (SSSR count). The van der Waals surface area contributed by atoms with E-state index in [0.717, 1.165) is 19.5 Å². The summed E-state index contributed by atoms with van der Waals surface area (Å²) in [4.78, 5) is 31.8. The maximum absolute atomic E-state index is 12.6. The molecule has 1 amide bonds. The van der Waals surface area contributed by atoms with Gasteiger partial charge < -0.3 is 14.7 Å². The van der Waals surface area contributed by atoms with E-state index in [1.807, 2.05) is 28.5 Å². The number of hydrogen-bond acceptors (Lipinski definition) is 6. The van der Waals surface area contributed by atoms with Crippen LogP contribution in [0.5, 0.6) is 5.88 Å². The lowest BCUT2D eigenvalue weighted by Gasteiger charge is -2.28. The number of halogens is 3. The fourth-order valence-corrected chi connectivity index (χ4v) is 4.46. The second-order valence-corrected chi connectivity index (χ2v) is 7.99. The van der Waals surface area contributed by atoms with E-state index in [2.05, 4.69) is 9.97 Å². The zero-order valence-corrected chi connectivity index (χ0v) is 16.7. The molecule has 2 aromatic heterocycles. The number of carbonyl (C=O) groups is 2. The third-order valence-electron chi connectivity index (χ3n) is 5.37. The Bertz CT molecular complexity index is 864. The molecule has 0 radical (unpaired) electrons. The third-order valence-corrected chi connectivity index (χ3v) is 5.95. The van der Waals surface area contributed by atoms with Gasteiger partial charge in [-0.3, -0.25) is 4.79 Å². The number of ether oxygens (including phenoxy) is 1. The highest BCUT2D eigenvalue weighted by Gasteiger charge is 2.51. The zero-order chi connectivity index (χ0) is 21.8. The number of fused-ring (bicyclic) bond motifs is 1. The van der Waals surface area contributed by atoms with Crippen molar-refractivity contribution in [3.63, 3.8) is 0 Å². The zero-order valence-electron chi connectivity index (χ0n) is 15.8. The van der Waals surface area contributed by atoms with Crippen LogP contribution in [0.2, 0.25) is 0 Å². The minimum absolute atomic E-state index is 0.0536. The molecule has 2 atom stereocenters. The van der Waals surface area contributed by atoms with Crippen molar-refractivity contribution in [2.24, 2.45) is 11.3 Å². The van der Waals surface area contributed by atoms with E-state index in [1.54, 1.807) is 11.7 Å². The number of rotatable bonds is 4. The molecular formula is C19H20F3N3O4S. The molecule has 1 saturated heterocycles. The SMILES string of the molecule is O=C(O)C(F)(F)F.O=C(c1cscn1)N1C[C@H]2CCC[C@@]2(COc2ccccn2)C1. The summed E-state index contributed by atoms with van der Waals surface area (Å²) in [6, 6.07) is 5.69. The third kappa shape index (κ3) is 5.07. The van der Waals surface area contributed by atoms with Crippen LogP contribution < -0.4 is 4.74 Å². The van der Waals surface area contributed by atoms with Crippen molar-refractivity contribution >= 4 is 23.2 Å². The molecule has 0 bridgehead atoms. The average molecular weight is 443 g/mol. The Balaban J connectivity index is 0.000000318. The summed E-state index contributed by atoms with van der Waals surface area (Å²) >= 11 is 1.46. The Morgan fingerprint density at radius 2 is 2.10 bits per heavy atom. The van der Waals surface area contributed by atoms with Crippen LogP contribution in [0.1, 0.15) is 29.8 Å². The molecule has 7 nitrogen and oxygen atoms in total. The minimum Gasteiger partial charge on any atom is -0.477 e. The molecule has 0 aromatic carbocycles. The number of pyridine rings is 1. The number of carboxylic acids is 1. The first-order valence-electron chi connectivity index (χ1n) is 9.23. The number of carbonyl (C=O) groups excluding carboxylic acids is 1.